The van der Waals surface area contributed by atoms with Crippen molar-refractivity contribution in [3.05, 3.63) is 106 Å². The zero-order valence-electron chi connectivity index (χ0n) is 70.7. The molecule has 110 heavy (non-hydrogen) atoms. The van der Waals surface area contributed by atoms with Crippen LogP contribution in [0.5, 0.6) is 0 Å². The number of hydrogen-bond acceptors (Lipinski definition) is 22. The summed E-state index contributed by atoms with van der Waals surface area (Å²) in [5.74, 6) is -1.28. The highest BCUT2D eigenvalue weighted by Gasteiger charge is 2.37. The van der Waals surface area contributed by atoms with Crippen LogP contribution in [0.2, 0.25) is 0 Å². The van der Waals surface area contributed by atoms with Crippen molar-refractivity contribution in [2.24, 2.45) is 17.4 Å². The number of amides is 9. The molecule has 6 rings (SSSR count). The van der Waals surface area contributed by atoms with Crippen LogP contribution in [0.15, 0.2) is 72.8 Å². The molecule has 30 heteroatoms. The molecule has 3 aromatic carbocycles. The maximum atomic E-state index is 12.4. The number of rotatable bonds is 25. The number of imide groups is 2. The minimum atomic E-state index is -0.597. The fraction of sp³-hybridized carbons (Fsp3) is 0.625. The number of nitrogens with one attached hydrogen (secondary N) is 3. The van der Waals surface area contributed by atoms with Gasteiger partial charge in [-0.1, -0.05) is 64.1 Å². The Morgan fingerprint density at radius 3 is 1.02 bits per heavy atom. The molecule has 0 aromatic heterocycles. The average Bonchev–Trinajstić information content (AvgIpc) is 1.67. The third-order valence-electron chi connectivity index (χ3n) is 14.5. The lowest BCUT2D eigenvalue weighted by Crippen LogP contribution is -2.45. The summed E-state index contributed by atoms with van der Waals surface area (Å²) in [5.41, 5.74) is 11.3. The fourth-order valence-corrected chi connectivity index (χ4v) is 9.32. The van der Waals surface area contributed by atoms with Gasteiger partial charge in [-0.3, -0.25) is 38.6 Å². The van der Waals surface area contributed by atoms with Crippen molar-refractivity contribution in [2.75, 3.05) is 85.6 Å². The zero-order valence-corrected chi connectivity index (χ0v) is 70.7. The SMILES string of the molecule is CC(C)CCCN.CC(C)N(CCN)C(=O)OC(C)(C)C.CC(C)N(CCN1C(=O)c2ccccc2C1=O)C(=O)OC(C)(C)C.CC(C)N(CCNC=O)C(=O)OC(C)(C)C.CC(C)NCCN1C(=O)c2ccccc2C1=O.CCOC=O.CNCCN(C(=O)OC(C)(C)C)C(C)C.O=C1OC(=O)c2ccccc21.[B]. The molecule has 0 bridgehead atoms. The Hall–Kier alpha value is -9.00. The number of ether oxygens (including phenoxy) is 6. The second-order valence-corrected chi connectivity index (χ2v) is 30.9. The number of cyclic esters (lactones) is 2. The Kier molecular flexibility index (Phi) is 50.7. The number of carbonyl (C=O) groups is 12. The highest BCUT2D eigenvalue weighted by molar-refractivity contribution is 6.22. The van der Waals surface area contributed by atoms with E-state index in [2.05, 4.69) is 39.3 Å². The van der Waals surface area contributed by atoms with Gasteiger partial charge in [-0.2, -0.15) is 0 Å². The second-order valence-electron chi connectivity index (χ2n) is 30.9. The Bertz CT molecular complexity index is 3200. The smallest absolute Gasteiger partial charge is 0.410 e. The highest BCUT2D eigenvalue weighted by atomic mass is 16.6. The lowest BCUT2D eigenvalue weighted by Gasteiger charge is -2.31. The predicted molar refractivity (Wildman–Crippen MR) is 429 cm³/mol. The molecule has 29 nitrogen and oxygen atoms in total. The lowest BCUT2D eigenvalue weighted by molar-refractivity contribution is -0.128. The Balaban J connectivity index is -0.00000122. The standard InChI is InChI=1S/C18H24N2O4.C13H16N2O2.C11H22N2O3.C11H24N2O2.C10H22N2O2.C8H4O3.C6H15N.C3H6O2.B/c1-12(2)19(17(23)24-18(3,4)5)10-11-20-15(21)13-8-6-7-9-14(13)16(20)22;1-9(2)14-7-8-15-12(16)10-5-3-4-6-11(10)13(15)17;1-9(2)13(7-6-12-8-14)10(15)16-11(3,4)5;1-9(2)13(8-7-12-6)10(14)15-11(3,4)5;1-8(2)12(7-6-11)9(13)14-10(3,4)5;9-7-5-3-1-2-4-6(5)8(10)11-7;1-6(2)4-3-5-7;1-2-5-3-4;/h6-9,12H,10-11H2,1-5H3;3-6,9,14H,7-8H2,1-2H3;8-9H,6-7H2,1-5H3,(H,12,14);9,12H,7-8H2,1-6H3;8H,6-7,11H2,1-5H3;1-4H;6H,3-5,7H2,1-2H3;3H,2H2,1H3;. The van der Waals surface area contributed by atoms with Gasteiger partial charge >= 0.3 is 36.3 Å². The van der Waals surface area contributed by atoms with Crippen molar-refractivity contribution in [3.8, 4) is 0 Å². The van der Waals surface area contributed by atoms with E-state index in [-0.39, 0.29) is 87.6 Å². The number of likely N-dealkylation sites (N-methyl/N-ethyl adjacent to an activating group) is 1. The maximum absolute atomic E-state index is 12.4. The highest BCUT2D eigenvalue weighted by Crippen LogP contribution is 2.25. The molecule has 0 atom stereocenters. The number of hydrogen-bond donors (Lipinski definition) is 5. The molecule has 3 heterocycles. The molecule has 3 aliphatic rings. The monoisotopic (exact) mass is 1550 g/mol. The molecule has 0 saturated carbocycles. The van der Waals surface area contributed by atoms with Crippen molar-refractivity contribution in [1.29, 1.82) is 0 Å². The van der Waals surface area contributed by atoms with E-state index >= 15 is 0 Å². The number of benzene rings is 3. The summed E-state index contributed by atoms with van der Waals surface area (Å²) in [6.07, 6.45) is 1.73. The number of carbonyl (C=O) groups excluding carboxylic acids is 12. The van der Waals surface area contributed by atoms with Crippen molar-refractivity contribution in [2.45, 2.75) is 239 Å². The van der Waals surface area contributed by atoms with E-state index in [1.807, 2.05) is 139 Å². The first-order valence-electron chi connectivity index (χ1n) is 37.3. The molecule has 9 amide bonds. The van der Waals surface area contributed by atoms with Crippen molar-refractivity contribution < 1.29 is 86.0 Å². The molecule has 3 radical (unpaired) electrons. The minimum Gasteiger partial charge on any atom is -0.468 e. The quantitative estimate of drug-likeness (QED) is 0.0100. The number of fused-ring (bicyclic) bond motifs is 3. The summed E-state index contributed by atoms with van der Waals surface area (Å²) in [6.45, 7) is 54.2. The molecular weight excluding hydrogens is 1410 g/mol. The third-order valence-corrected chi connectivity index (χ3v) is 14.5. The van der Waals surface area contributed by atoms with Gasteiger partial charge in [-0.25, -0.2) is 28.8 Å². The average molecular weight is 1550 g/mol. The van der Waals surface area contributed by atoms with Crippen LogP contribution in [-0.2, 0) is 38.0 Å². The van der Waals surface area contributed by atoms with E-state index in [0.29, 0.717) is 105 Å². The lowest BCUT2D eigenvalue weighted by atomic mass is 10.1. The summed E-state index contributed by atoms with van der Waals surface area (Å²) < 4.78 is 29.7. The second kappa shape index (κ2) is 53.0. The first-order valence-corrected chi connectivity index (χ1v) is 37.3. The molecule has 0 unspecified atom stereocenters. The van der Waals surface area contributed by atoms with Gasteiger partial charge in [0.1, 0.15) is 22.4 Å². The van der Waals surface area contributed by atoms with Crippen LogP contribution in [0.1, 0.15) is 248 Å². The van der Waals surface area contributed by atoms with Gasteiger partial charge in [-0.05, 0) is 214 Å². The van der Waals surface area contributed by atoms with E-state index < -0.39 is 40.4 Å². The first-order chi connectivity index (χ1) is 50.5. The minimum absolute atomic E-state index is 0. The molecule has 0 spiro atoms. The molecular formula is C80H133BN11O18. The largest absolute Gasteiger partial charge is 0.468 e. The van der Waals surface area contributed by atoms with Gasteiger partial charge < -0.3 is 75.4 Å². The van der Waals surface area contributed by atoms with Gasteiger partial charge in [0.25, 0.3) is 30.1 Å². The van der Waals surface area contributed by atoms with Gasteiger partial charge in [0.05, 0.1) is 40.0 Å². The molecule has 0 saturated heterocycles. The van der Waals surface area contributed by atoms with Crippen LogP contribution >= 0.6 is 0 Å². The van der Waals surface area contributed by atoms with Crippen LogP contribution in [0.3, 0.4) is 0 Å². The summed E-state index contributed by atoms with van der Waals surface area (Å²) in [6, 6.07) is 20.8. The van der Waals surface area contributed by atoms with E-state index in [0.717, 1.165) is 19.0 Å². The molecule has 0 fully saturated rings. The van der Waals surface area contributed by atoms with Gasteiger partial charge in [0, 0.05) is 104 Å². The molecule has 0 aliphatic carbocycles. The summed E-state index contributed by atoms with van der Waals surface area (Å²) in [4.78, 5) is 146. The summed E-state index contributed by atoms with van der Waals surface area (Å²) in [7, 11) is 1.87. The van der Waals surface area contributed by atoms with Crippen molar-refractivity contribution in [1.82, 2.24) is 45.3 Å². The van der Waals surface area contributed by atoms with Crippen LogP contribution < -0.4 is 27.4 Å². The van der Waals surface area contributed by atoms with E-state index in [1.54, 1.807) is 115 Å². The number of nitrogens with two attached hydrogens (primary N) is 2. The molecule has 7 N–H and O–H groups in total. The topological polar surface area (TPSA) is 368 Å². The van der Waals surface area contributed by atoms with Gasteiger partial charge in [-0.15, -0.1) is 0 Å². The van der Waals surface area contributed by atoms with E-state index in [4.69, 9.17) is 30.4 Å². The van der Waals surface area contributed by atoms with Gasteiger partial charge in [0.15, 0.2) is 0 Å². The number of esters is 2. The van der Waals surface area contributed by atoms with Crippen molar-refractivity contribution in [3.63, 3.8) is 0 Å². The predicted octanol–water partition coefficient (Wildman–Crippen LogP) is 11.2. The van der Waals surface area contributed by atoms with Crippen LogP contribution in [-0.4, -0.2) is 249 Å². The van der Waals surface area contributed by atoms with E-state index in [1.165, 1.54) is 27.5 Å². The molecule has 619 valence electrons. The summed E-state index contributed by atoms with van der Waals surface area (Å²) in [5, 5.41) is 8.74. The summed E-state index contributed by atoms with van der Waals surface area (Å²) >= 11 is 0. The first kappa shape index (κ1) is 105. The number of nitrogens with zero attached hydrogens (tertiary/aromatic N) is 6. The Labute approximate surface area is 657 Å². The molecule has 3 aromatic rings. The zero-order chi connectivity index (χ0) is 84.3. The van der Waals surface area contributed by atoms with Crippen LogP contribution in [0.4, 0.5) is 19.2 Å². The van der Waals surface area contributed by atoms with Crippen LogP contribution in [0.25, 0.3) is 0 Å². The Morgan fingerprint density at radius 1 is 0.464 bits per heavy atom. The fourth-order valence-electron chi connectivity index (χ4n) is 9.32. The van der Waals surface area contributed by atoms with Gasteiger partial charge in [0.2, 0.25) is 6.41 Å². The Morgan fingerprint density at radius 2 is 0.773 bits per heavy atom. The van der Waals surface area contributed by atoms with Crippen molar-refractivity contribution >= 4 is 81.2 Å². The van der Waals surface area contributed by atoms with Crippen LogP contribution in [0, 0.1) is 5.92 Å². The van der Waals surface area contributed by atoms with E-state index in [9.17, 15) is 57.5 Å². The molecule has 3 aliphatic heterocycles. The third kappa shape index (κ3) is 42.8. The normalized spacial score (nSPS) is 12.5. The maximum Gasteiger partial charge on any atom is 0.410 e.